The number of aliphatic imine (C=N–C) groups is 1. The maximum absolute atomic E-state index is 12.5. The number of sulfone groups is 1. The quantitative estimate of drug-likeness (QED) is 0.684. The molecule has 0 aromatic heterocycles. The maximum Gasteiger partial charge on any atom is 0.407 e. The van der Waals surface area contributed by atoms with Crippen molar-refractivity contribution in [3.8, 4) is 11.5 Å². The standard InChI is InChI=1S/C20H25N3O7S2/c1-20(2,3)30-19(25)21-7-6-17(24)22-18-23(13-9-32(26,27)10-16(13)31-18)12-4-5-14-15(8-12)29-11-28-14/h4-5,8,13,16H,6-7,9-11H2,1-3H3,(H,21,25)/t13-,16+/m0/s1. The van der Waals surface area contributed by atoms with Gasteiger partial charge in [-0.1, -0.05) is 11.8 Å². The molecule has 2 amide bonds. The number of amidine groups is 1. The van der Waals surface area contributed by atoms with Crippen LogP contribution in [0.2, 0.25) is 0 Å². The van der Waals surface area contributed by atoms with Gasteiger partial charge in [-0.3, -0.25) is 4.79 Å². The zero-order valence-corrected chi connectivity index (χ0v) is 19.6. The summed E-state index contributed by atoms with van der Waals surface area (Å²) in [6, 6.07) is 4.99. The Labute approximate surface area is 190 Å². The van der Waals surface area contributed by atoms with Gasteiger partial charge in [-0.2, -0.15) is 4.99 Å². The van der Waals surface area contributed by atoms with Crippen LogP contribution in [0.25, 0.3) is 0 Å². The first-order valence-corrected chi connectivity index (χ1v) is 12.9. The Morgan fingerprint density at radius 1 is 1.25 bits per heavy atom. The lowest BCUT2D eigenvalue weighted by Gasteiger charge is -2.24. The molecule has 1 aromatic rings. The number of carbonyl (C=O) groups is 2. The molecule has 3 aliphatic heterocycles. The van der Waals surface area contributed by atoms with E-state index in [0.717, 1.165) is 0 Å². The third-order valence-corrected chi connectivity index (χ3v) is 8.14. The van der Waals surface area contributed by atoms with E-state index in [1.807, 2.05) is 0 Å². The first-order valence-electron chi connectivity index (χ1n) is 10.2. The number of amides is 2. The molecule has 0 saturated carbocycles. The van der Waals surface area contributed by atoms with Crippen molar-refractivity contribution in [2.45, 2.75) is 44.1 Å². The third-order valence-electron chi connectivity index (χ3n) is 4.93. The fourth-order valence-corrected chi connectivity index (χ4v) is 7.58. The minimum absolute atomic E-state index is 0.00742. The van der Waals surface area contributed by atoms with Crippen molar-refractivity contribution in [3.63, 3.8) is 0 Å². The zero-order chi connectivity index (χ0) is 23.1. The normalized spacial score (nSPS) is 24.5. The summed E-state index contributed by atoms with van der Waals surface area (Å²) in [6.07, 6.45) is -0.610. The Balaban J connectivity index is 1.48. The average Bonchev–Trinajstić information content (AvgIpc) is 3.31. The van der Waals surface area contributed by atoms with Crippen molar-refractivity contribution in [2.24, 2.45) is 4.99 Å². The summed E-state index contributed by atoms with van der Waals surface area (Å²) in [6.45, 7) is 5.47. The summed E-state index contributed by atoms with van der Waals surface area (Å²) < 4.78 is 40.3. The van der Waals surface area contributed by atoms with Crippen LogP contribution in [0.3, 0.4) is 0 Å². The van der Waals surface area contributed by atoms with E-state index < -0.39 is 27.4 Å². The molecule has 3 heterocycles. The minimum atomic E-state index is -3.17. The van der Waals surface area contributed by atoms with Crippen molar-refractivity contribution in [1.82, 2.24) is 5.32 Å². The van der Waals surface area contributed by atoms with Gasteiger partial charge < -0.3 is 24.4 Å². The molecule has 1 aromatic carbocycles. The van der Waals surface area contributed by atoms with Crippen molar-refractivity contribution in [1.29, 1.82) is 0 Å². The lowest BCUT2D eigenvalue weighted by molar-refractivity contribution is -0.117. The van der Waals surface area contributed by atoms with Gasteiger partial charge in [0.15, 0.2) is 26.5 Å². The Hall–Kier alpha value is -2.47. The fraction of sp³-hybridized carbons (Fsp3) is 0.550. The smallest absolute Gasteiger partial charge is 0.407 e. The van der Waals surface area contributed by atoms with Crippen molar-refractivity contribution < 1.29 is 32.2 Å². The maximum atomic E-state index is 12.5. The lowest BCUT2D eigenvalue weighted by Crippen LogP contribution is -2.37. The first-order chi connectivity index (χ1) is 15.0. The Morgan fingerprint density at radius 2 is 2.00 bits per heavy atom. The molecule has 12 heteroatoms. The number of fused-ring (bicyclic) bond motifs is 2. The average molecular weight is 484 g/mol. The van der Waals surface area contributed by atoms with Gasteiger partial charge in [0.1, 0.15) is 5.60 Å². The van der Waals surface area contributed by atoms with Gasteiger partial charge in [0, 0.05) is 30.0 Å². The molecule has 32 heavy (non-hydrogen) atoms. The molecule has 174 valence electrons. The van der Waals surface area contributed by atoms with E-state index in [1.54, 1.807) is 43.9 Å². The van der Waals surface area contributed by atoms with E-state index >= 15 is 0 Å². The van der Waals surface area contributed by atoms with Gasteiger partial charge >= 0.3 is 6.09 Å². The van der Waals surface area contributed by atoms with Crippen LogP contribution in [0.1, 0.15) is 27.2 Å². The molecule has 2 saturated heterocycles. The van der Waals surface area contributed by atoms with Crippen LogP contribution < -0.4 is 19.7 Å². The summed E-state index contributed by atoms with van der Waals surface area (Å²) in [5.74, 6) is 0.781. The number of ether oxygens (including phenoxy) is 3. The number of anilines is 1. The molecule has 0 aliphatic carbocycles. The van der Waals surface area contributed by atoms with Gasteiger partial charge in [0.2, 0.25) is 12.7 Å². The van der Waals surface area contributed by atoms with Crippen LogP contribution in [0, 0.1) is 0 Å². The van der Waals surface area contributed by atoms with Crippen LogP contribution in [-0.2, 0) is 19.4 Å². The number of benzene rings is 1. The molecule has 0 spiro atoms. The molecule has 2 atom stereocenters. The number of hydrogen-bond acceptors (Lipinski definition) is 8. The molecule has 1 N–H and O–H groups in total. The molecule has 4 rings (SSSR count). The van der Waals surface area contributed by atoms with E-state index in [-0.39, 0.29) is 42.6 Å². The van der Waals surface area contributed by atoms with Crippen molar-refractivity contribution in [2.75, 3.05) is 29.7 Å². The highest BCUT2D eigenvalue weighted by atomic mass is 32.2. The summed E-state index contributed by atoms with van der Waals surface area (Å²) in [5, 5.41) is 2.76. The van der Waals surface area contributed by atoms with Gasteiger partial charge in [-0.05, 0) is 32.9 Å². The number of carbonyl (C=O) groups excluding carboxylic acids is 2. The molecule has 0 bridgehead atoms. The molecule has 3 aliphatic rings. The second-order valence-electron chi connectivity index (χ2n) is 8.67. The number of thioether (sulfide) groups is 1. The van der Waals surface area contributed by atoms with E-state index in [2.05, 4.69) is 10.3 Å². The molecular weight excluding hydrogens is 458 g/mol. The number of rotatable bonds is 4. The van der Waals surface area contributed by atoms with Crippen LogP contribution in [0.15, 0.2) is 23.2 Å². The van der Waals surface area contributed by atoms with Crippen LogP contribution in [0.5, 0.6) is 11.5 Å². The number of alkyl carbamates (subject to hydrolysis) is 1. The highest BCUT2D eigenvalue weighted by molar-refractivity contribution is 8.16. The van der Waals surface area contributed by atoms with Crippen LogP contribution in [0.4, 0.5) is 10.5 Å². The summed E-state index contributed by atoms with van der Waals surface area (Å²) in [5.41, 5.74) is 0.0580. The Kier molecular flexibility index (Phi) is 6.01. The zero-order valence-electron chi connectivity index (χ0n) is 18.0. The lowest BCUT2D eigenvalue weighted by atomic mass is 10.2. The molecule has 0 unspecified atom stereocenters. The SMILES string of the molecule is CC(C)(C)OC(=O)NCCC(=O)N=C1S[C@@H]2CS(=O)(=O)C[C@@H]2N1c1ccc2c(c1)OCO2. The first kappa shape index (κ1) is 22.7. The van der Waals surface area contributed by atoms with Gasteiger partial charge in [0.25, 0.3) is 0 Å². The monoisotopic (exact) mass is 483 g/mol. The van der Waals surface area contributed by atoms with Crippen LogP contribution >= 0.6 is 11.8 Å². The largest absolute Gasteiger partial charge is 0.454 e. The predicted octanol–water partition coefficient (Wildman–Crippen LogP) is 1.93. The second kappa shape index (κ2) is 8.47. The van der Waals surface area contributed by atoms with E-state index in [9.17, 15) is 18.0 Å². The van der Waals surface area contributed by atoms with Crippen molar-refractivity contribution >= 4 is 44.5 Å². The predicted molar refractivity (Wildman–Crippen MR) is 120 cm³/mol. The summed E-state index contributed by atoms with van der Waals surface area (Å²) >= 11 is 1.29. The molecule has 0 radical (unpaired) electrons. The fourth-order valence-electron chi connectivity index (χ4n) is 3.65. The Morgan fingerprint density at radius 3 is 2.75 bits per heavy atom. The van der Waals surface area contributed by atoms with Gasteiger partial charge in [0.05, 0.1) is 17.5 Å². The van der Waals surface area contributed by atoms with E-state index in [1.165, 1.54) is 11.8 Å². The van der Waals surface area contributed by atoms with Gasteiger partial charge in [-0.25, -0.2) is 13.2 Å². The number of nitrogens with zero attached hydrogens (tertiary/aromatic N) is 2. The number of hydrogen-bond donors (Lipinski definition) is 1. The minimum Gasteiger partial charge on any atom is -0.454 e. The van der Waals surface area contributed by atoms with Crippen molar-refractivity contribution in [3.05, 3.63) is 18.2 Å². The molecular formula is C20H25N3O7S2. The Bertz CT molecular complexity index is 1070. The summed E-state index contributed by atoms with van der Waals surface area (Å²) in [4.78, 5) is 30.3. The van der Waals surface area contributed by atoms with E-state index in [4.69, 9.17) is 14.2 Å². The second-order valence-corrected chi connectivity index (χ2v) is 12.0. The van der Waals surface area contributed by atoms with Crippen LogP contribution in [-0.4, -0.2) is 67.3 Å². The topological polar surface area (TPSA) is 124 Å². The van der Waals surface area contributed by atoms with Gasteiger partial charge in [-0.15, -0.1) is 0 Å². The summed E-state index contributed by atoms with van der Waals surface area (Å²) in [7, 11) is -3.17. The number of nitrogens with one attached hydrogen (secondary N) is 1. The molecule has 2 fully saturated rings. The third kappa shape index (κ3) is 5.12. The molecule has 10 nitrogen and oxygen atoms in total. The highest BCUT2D eigenvalue weighted by Gasteiger charge is 2.49. The van der Waals surface area contributed by atoms with E-state index in [0.29, 0.717) is 22.4 Å². The highest BCUT2D eigenvalue weighted by Crippen LogP contribution is 2.43.